The number of aryl methyl sites for hydroxylation is 1. The van der Waals surface area contributed by atoms with Gasteiger partial charge in [-0.15, -0.1) is 10.2 Å². The van der Waals surface area contributed by atoms with Gasteiger partial charge in [0.2, 0.25) is 11.0 Å². The first-order valence-electron chi connectivity index (χ1n) is 7.14. The van der Waals surface area contributed by atoms with Gasteiger partial charge in [0, 0.05) is 12.5 Å². The lowest BCUT2D eigenvalue weighted by Gasteiger charge is -1.95. The van der Waals surface area contributed by atoms with E-state index in [1.165, 1.54) is 30.3 Å². The summed E-state index contributed by atoms with van der Waals surface area (Å²) in [7, 11) is 0. The number of amides is 1. The van der Waals surface area contributed by atoms with Gasteiger partial charge in [0.1, 0.15) is 5.01 Å². The number of nitrogens with one attached hydrogen (secondary N) is 1. The minimum atomic E-state index is -0.185. The first-order valence-corrected chi connectivity index (χ1v) is 7.96. The first kappa shape index (κ1) is 15.4. The molecule has 1 heterocycles. The maximum absolute atomic E-state index is 11.8. The molecular formula is C16H19N3OS. The SMILES string of the molecule is CCCCCc1nnc(NC(=O)C=Cc2ccccc2)s1. The molecule has 1 aromatic carbocycles. The highest BCUT2D eigenvalue weighted by atomic mass is 32.1. The van der Waals surface area contributed by atoms with Crippen molar-refractivity contribution >= 4 is 28.5 Å². The van der Waals surface area contributed by atoms with Crippen LogP contribution in [0.4, 0.5) is 5.13 Å². The van der Waals surface area contributed by atoms with Crippen molar-refractivity contribution in [1.82, 2.24) is 10.2 Å². The summed E-state index contributed by atoms with van der Waals surface area (Å²) < 4.78 is 0. The molecule has 0 saturated heterocycles. The smallest absolute Gasteiger partial charge is 0.250 e. The summed E-state index contributed by atoms with van der Waals surface area (Å²) >= 11 is 1.45. The normalized spacial score (nSPS) is 10.9. The van der Waals surface area contributed by atoms with Gasteiger partial charge in [-0.05, 0) is 18.1 Å². The van der Waals surface area contributed by atoms with Crippen LogP contribution in [0.25, 0.3) is 6.08 Å². The van der Waals surface area contributed by atoms with Crippen molar-refractivity contribution in [2.75, 3.05) is 5.32 Å². The number of hydrogen-bond acceptors (Lipinski definition) is 4. The van der Waals surface area contributed by atoms with Crippen LogP contribution >= 0.6 is 11.3 Å². The maximum atomic E-state index is 11.8. The molecule has 2 aromatic rings. The summed E-state index contributed by atoms with van der Waals surface area (Å²) in [5, 5.41) is 12.4. The van der Waals surface area contributed by atoms with Crippen LogP contribution in [0.2, 0.25) is 0 Å². The van der Waals surface area contributed by atoms with Gasteiger partial charge in [-0.25, -0.2) is 0 Å². The molecule has 0 unspecified atom stereocenters. The lowest BCUT2D eigenvalue weighted by atomic mass is 10.2. The molecule has 110 valence electrons. The Balaban J connectivity index is 1.84. The van der Waals surface area contributed by atoms with Crippen molar-refractivity contribution in [3.63, 3.8) is 0 Å². The Bertz CT molecular complexity index is 593. The molecule has 5 heteroatoms. The lowest BCUT2D eigenvalue weighted by Crippen LogP contribution is -2.07. The number of hydrogen-bond donors (Lipinski definition) is 1. The molecule has 1 aromatic heterocycles. The van der Waals surface area contributed by atoms with Crippen molar-refractivity contribution in [2.45, 2.75) is 32.6 Å². The molecule has 0 aliphatic heterocycles. The molecule has 0 fully saturated rings. The van der Waals surface area contributed by atoms with Gasteiger partial charge in [-0.2, -0.15) is 0 Å². The van der Waals surface area contributed by atoms with Gasteiger partial charge in [0.05, 0.1) is 0 Å². The maximum Gasteiger partial charge on any atom is 0.250 e. The number of rotatable bonds is 7. The third-order valence-electron chi connectivity index (χ3n) is 2.92. The van der Waals surface area contributed by atoms with E-state index in [0.29, 0.717) is 5.13 Å². The number of carbonyl (C=O) groups excluding carboxylic acids is 1. The highest BCUT2D eigenvalue weighted by Crippen LogP contribution is 2.17. The Morgan fingerprint density at radius 3 is 2.81 bits per heavy atom. The van der Waals surface area contributed by atoms with Crippen molar-refractivity contribution < 1.29 is 4.79 Å². The van der Waals surface area contributed by atoms with Gasteiger partial charge < -0.3 is 0 Å². The second-order valence-corrected chi connectivity index (χ2v) is 5.75. The summed E-state index contributed by atoms with van der Waals surface area (Å²) in [6.07, 6.45) is 7.72. The highest BCUT2D eigenvalue weighted by molar-refractivity contribution is 7.15. The Morgan fingerprint density at radius 2 is 2.05 bits per heavy atom. The molecule has 0 bridgehead atoms. The number of aromatic nitrogens is 2. The fraction of sp³-hybridized carbons (Fsp3) is 0.312. The quantitative estimate of drug-likeness (QED) is 0.623. The number of benzene rings is 1. The van der Waals surface area contributed by atoms with E-state index in [9.17, 15) is 4.79 Å². The van der Waals surface area contributed by atoms with E-state index in [4.69, 9.17) is 0 Å². The van der Waals surface area contributed by atoms with Crippen LogP contribution in [-0.2, 0) is 11.2 Å². The van der Waals surface area contributed by atoms with Gasteiger partial charge in [-0.3, -0.25) is 10.1 Å². The van der Waals surface area contributed by atoms with Crippen LogP contribution in [-0.4, -0.2) is 16.1 Å². The van der Waals surface area contributed by atoms with E-state index >= 15 is 0 Å². The molecule has 0 atom stereocenters. The minimum Gasteiger partial charge on any atom is -0.297 e. The predicted molar refractivity (Wildman–Crippen MR) is 87.2 cm³/mol. The van der Waals surface area contributed by atoms with Crippen LogP contribution in [0.3, 0.4) is 0 Å². The fourth-order valence-electron chi connectivity index (χ4n) is 1.81. The Labute approximate surface area is 128 Å². The second-order valence-electron chi connectivity index (χ2n) is 4.69. The first-order chi connectivity index (χ1) is 10.3. The molecule has 0 saturated carbocycles. The number of unbranched alkanes of at least 4 members (excludes halogenated alkanes) is 2. The molecular weight excluding hydrogens is 282 g/mol. The zero-order valence-corrected chi connectivity index (χ0v) is 12.9. The zero-order chi connectivity index (χ0) is 14.9. The third-order valence-corrected chi connectivity index (χ3v) is 3.82. The van der Waals surface area contributed by atoms with E-state index in [0.717, 1.165) is 23.4 Å². The van der Waals surface area contributed by atoms with Crippen LogP contribution in [0.1, 0.15) is 36.8 Å². The Hall–Kier alpha value is -2.01. The molecule has 0 aliphatic rings. The molecule has 4 nitrogen and oxygen atoms in total. The highest BCUT2D eigenvalue weighted by Gasteiger charge is 2.05. The van der Waals surface area contributed by atoms with Gasteiger partial charge >= 0.3 is 0 Å². The standard InChI is InChI=1S/C16H19N3OS/c1-2-3-5-10-15-18-19-16(21-15)17-14(20)12-11-13-8-6-4-7-9-13/h4,6-9,11-12H,2-3,5,10H2,1H3,(H,17,19,20). The van der Waals surface area contributed by atoms with E-state index in [1.54, 1.807) is 6.08 Å². The minimum absolute atomic E-state index is 0.185. The number of nitrogens with zero attached hydrogens (tertiary/aromatic N) is 2. The van der Waals surface area contributed by atoms with Crippen molar-refractivity contribution in [1.29, 1.82) is 0 Å². The van der Waals surface area contributed by atoms with Crippen molar-refractivity contribution in [2.24, 2.45) is 0 Å². The lowest BCUT2D eigenvalue weighted by molar-refractivity contribution is -0.111. The average Bonchev–Trinajstić information content (AvgIpc) is 2.94. The summed E-state index contributed by atoms with van der Waals surface area (Å²) in [5.74, 6) is -0.185. The molecule has 2 rings (SSSR count). The van der Waals surface area contributed by atoms with Gasteiger partial charge in [0.15, 0.2) is 0 Å². The van der Waals surface area contributed by atoms with E-state index in [2.05, 4.69) is 22.4 Å². The predicted octanol–water partition coefficient (Wildman–Crippen LogP) is 3.92. The Kier molecular flexibility index (Phi) is 6.09. The van der Waals surface area contributed by atoms with E-state index in [-0.39, 0.29) is 5.91 Å². The summed E-state index contributed by atoms with van der Waals surface area (Å²) in [5.41, 5.74) is 0.991. The summed E-state index contributed by atoms with van der Waals surface area (Å²) in [6.45, 7) is 2.17. The average molecular weight is 301 g/mol. The number of anilines is 1. The molecule has 0 radical (unpaired) electrons. The van der Waals surface area contributed by atoms with Crippen LogP contribution in [0.15, 0.2) is 36.4 Å². The molecule has 0 aliphatic carbocycles. The molecule has 1 N–H and O–H groups in total. The monoisotopic (exact) mass is 301 g/mol. The summed E-state index contributed by atoms with van der Waals surface area (Å²) in [6, 6.07) is 9.70. The van der Waals surface area contributed by atoms with Crippen LogP contribution < -0.4 is 5.32 Å². The molecule has 0 spiro atoms. The Morgan fingerprint density at radius 1 is 1.24 bits per heavy atom. The second kappa shape index (κ2) is 8.32. The topological polar surface area (TPSA) is 54.9 Å². The largest absolute Gasteiger partial charge is 0.297 e. The zero-order valence-electron chi connectivity index (χ0n) is 12.1. The number of carbonyl (C=O) groups is 1. The van der Waals surface area contributed by atoms with Crippen molar-refractivity contribution in [3.8, 4) is 0 Å². The van der Waals surface area contributed by atoms with Crippen molar-refractivity contribution in [3.05, 3.63) is 47.0 Å². The van der Waals surface area contributed by atoms with Gasteiger partial charge in [-0.1, -0.05) is 61.4 Å². The van der Waals surface area contributed by atoms with E-state index < -0.39 is 0 Å². The third kappa shape index (κ3) is 5.47. The fourth-order valence-corrected chi connectivity index (χ4v) is 2.60. The van der Waals surface area contributed by atoms with E-state index in [1.807, 2.05) is 30.3 Å². The molecule has 21 heavy (non-hydrogen) atoms. The van der Waals surface area contributed by atoms with Gasteiger partial charge in [0.25, 0.3) is 0 Å². The van der Waals surface area contributed by atoms with Crippen LogP contribution in [0.5, 0.6) is 0 Å². The summed E-state index contributed by atoms with van der Waals surface area (Å²) in [4.78, 5) is 11.8. The molecule has 1 amide bonds. The van der Waals surface area contributed by atoms with Crippen LogP contribution in [0, 0.1) is 0 Å².